The molecule has 100 valence electrons. The van der Waals surface area contributed by atoms with Gasteiger partial charge in [0.1, 0.15) is 0 Å². The molecule has 1 fully saturated rings. The highest BCUT2D eigenvalue weighted by atomic mass is 16.1. The Morgan fingerprint density at radius 2 is 2.16 bits per heavy atom. The van der Waals surface area contributed by atoms with Crippen LogP contribution in [-0.2, 0) is 11.2 Å². The van der Waals surface area contributed by atoms with Crippen LogP contribution in [0.25, 0.3) is 0 Å². The minimum absolute atomic E-state index is 0.0366. The standard InChI is InChI=1S/C15H19N3O/c16-11-13-7-9-18(14(10-13)15(17)19)8-6-12-4-2-1-3-5-12/h1-5,13-14H,6-10H2,(H2,17,19). The average molecular weight is 257 g/mol. The average Bonchev–Trinajstić information content (AvgIpc) is 2.46. The van der Waals surface area contributed by atoms with Crippen molar-refractivity contribution in [2.45, 2.75) is 25.3 Å². The summed E-state index contributed by atoms with van der Waals surface area (Å²) in [5.41, 5.74) is 6.71. The molecule has 0 bridgehead atoms. The first-order valence-corrected chi connectivity index (χ1v) is 6.67. The Labute approximate surface area is 113 Å². The Kier molecular flexibility index (Phi) is 4.53. The van der Waals surface area contributed by atoms with Crippen LogP contribution in [0.15, 0.2) is 30.3 Å². The predicted molar refractivity (Wildman–Crippen MR) is 73.0 cm³/mol. The van der Waals surface area contributed by atoms with E-state index >= 15 is 0 Å². The molecule has 0 spiro atoms. The van der Waals surface area contributed by atoms with Crippen LogP contribution in [0.2, 0.25) is 0 Å². The normalized spacial score (nSPS) is 23.7. The first kappa shape index (κ1) is 13.6. The van der Waals surface area contributed by atoms with E-state index in [0.717, 1.165) is 25.9 Å². The van der Waals surface area contributed by atoms with Crippen LogP contribution in [-0.4, -0.2) is 29.9 Å². The molecule has 2 atom stereocenters. The fourth-order valence-corrected chi connectivity index (χ4v) is 2.61. The maximum absolute atomic E-state index is 11.5. The number of carbonyl (C=O) groups is 1. The molecule has 2 unspecified atom stereocenters. The number of nitrogens with zero attached hydrogens (tertiary/aromatic N) is 2. The number of amides is 1. The van der Waals surface area contributed by atoms with E-state index in [-0.39, 0.29) is 17.9 Å². The summed E-state index contributed by atoms with van der Waals surface area (Å²) in [4.78, 5) is 13.6. The number of primary amides is 1. The van der Waals surface area contributed by atoms with E-state index in [2.05, 4.69) is 23.1 Å². The first-order valence-electron chi connectivity index (χ1n) is 6.67. The largest absolute Gasteiger partial charge is 0.368 e. The Bertz CT molecular complexity index is 466. The lowest BCUT2D eigenvalue weighted by Crippen LogP contribution is -2.50. The van der Waals surface area contributed by atoms with Gasteiger partial charge in [0.05, 0.1) is 12.1 Å². The van der Waals surface area contributed by atoms with Gasteiger partial charge in [0, 0.05) is 19.0 Å². The number of piperidine rings is 1. The van der Waals surface area contributed by atoms with Crippen molar-refractivity contribution >= 4 is 5.91 Å². The SMILES string of the molecule is N#CC1CCN(CCc2ccccc2)C(C(N)=O)C1. The minimum atomic E-state index is -0.312. The van der Waals surface area contributed by atoms with Crippen molar-refractivity contribution in [2.24, 2.45) is 11.7 Å². The van der Waals surface area contributed by atoms with Crippen LogP contribution in [0.5, 0.6) is 0 Å². The summed E-state index contributed by atoms with van der Waals surface area (Å²) < 4.78 is 0. The van der Waals surface area contributed by atoms with Crippen molar-refractivity contribution in [3.05, 3.63) is 35.9 Å². The highest BCUT2D eigenvalue weighted by Crippen LogP contribution is 2.22. The summed E-state index contributed by atoms with van der Waals surface area (Å²) >= 11 is 0. The van der Waals surface area contributed by atoms with Crippen LogP contribution < -0.4 is 5.73 Å². The van der Waals surface area contributed by atoms with Crippen LogP contribution in [0.3, 0.4) is 0 Å². The number of nitriles is 1. The summed E-state index contributed by atoms with van der Waals surface area (Å²) in [5, 5.41) is 8.96. The highest BCUT2D eigenvalue weighted by molar-refractivity contribution is 5.80. The highest BCUT2D eigenvalue weighted by Gasteiger charge is 2.31. The van der Waals surface area contributed by atoms with Crippen molar-refractivity contribution in [1.29, 1.82) is 5.26 Å². The van der Waals surface area contributed by atoms with Crippen molar-refractivity contribution in [1.82, 2.24) is 4.90 Å². The molecule has 1 heterocycles. The van der Waals surface area contributed by atoms with Gasteiger partial charge in [0.25, 0.3) is 0 Å². The monoisotopic (exact) mass is 257 g/mol. The van der Waals surface area contributed by atoms with Crippen molar-refractivity contribution < 1.29 is 4.79 Å². The van der Waals surface area contributed by atoms with Gasteiger partial charge in [0.2, 0.25) is 5.91 Å². The second-order valence-electron chi connectivity index (χ2n) is 5.04. The molecule has 0 aliphatic carbocycles. The zero-order chi connectivity index (χ0) is 13.7. The molecule has 1 saturated heterocycles. The summed E-state index contributed by atoms with van der Waals surface area (Å²) in [7, 11) is 0. The number of carbonyl (C=O) groups excluding carboxylic acids is 1. The van der Waals surface area contributed by atoms with Gasteiger partial charge < -0.3 is 5.73 Å². The second kappa shape index (κ2) is 6.35. The molecule has 4 nitrogen and oxygen atoms in total. The molecular formula is C15H19N3O. The predicted octanol–water partition coefficient (Wildman–Crippen LogP) is 1.32. The van der Waals surface area contributed by atoms with E-state index in [1.807, 2.05) is 18.2 Å². The molecule has 19 heavy (non-hydrogen) atoms. The first-order chi connectivity index (χ1) is 9.20. The zero-order valence-electron chi connectivity index (χ0n) is 11.0. The molecule has 2 N–H and O–H groups in total. The smallest absolute Gasteiger partial charge is 0.234 e. The molecule has 0 saturated carbocycles. The molecule has 1 aliphatic rings. The van der Waals surface area contributed by atoms with Crippen LogP contribution >= 0.6 is 0 Å². The molecule has 2 rings (SSSR count). The van der Waals surface area contributed by atoms with E-state index in [4.69, 9.17) is 11.0 Å². The molecule has 4 heteroatoms. The summed E-state index contributed by atoms with van der Waals surface area (Å²) in [6.07, 6.45) is 2.30. The third-order valence-electron chi connectivity index (χ3n) is 3.75. The number of rotatable bonds is 4. The maximum atomic E-state index is 11.5. The fourth-order valence-electron chi connectivity index (χ4n) is 2.61. The summed E-state index contributed by atoms with van der Waals surface area (Å²) in [6, 6.07) is 12.2. The van der Waals surface area contributed by atoms with Gasteiger partial charge in [-0.05, 0) is 24.8 Å². The van der Waals surface area contributed by atoms with Gasteiger partial charge in [-0.3, -0.25) is 9.69 Å². The number of hydrogen-bond acceptors (Lipinski definition) is 3. The number of likely N-dealkylation sites (tertiary alicyclic amines) is 1. The summed E-state index contributed by atoms with van der Waals surface area (Å²) in [6.45, 7) is 1.59. The van der Waals surface area contributed by atoms with Gasteiger partial charge in [-0.15, -0.1) is 0 Å². The molecule has 0 aromatic heterocycles. The second-order valence-corrected chi connectivity index (χ2v) is 5.04. The van der Waals surface area contributed by atoms with E-state index in [9.17, 15) is 4.79 Å². The molecule has 1 aromatic rings. The molecule has 1 aliphatic heterocycles. The van der Waals surface area contributed by atoms with Crippen molar-refractivity contribution in [2.75, 3.05) is 13.1 Å². The van der Waals surface area contributed by atoms with Gasteiger partial charge in [-0.25, -0.2) is 0 Å². The fraction of sp³-hybridized carbons (Fsp3) is 0.467. The van der Waals surface area contributed by atoms with Gasteiger partial charge in [-0.1, -0.05) is 30.3 Å². The summed E-state index contributed by atoms with van der Waals surface area (Å²) in [5.74, 6) is -0.349. The maximum Gasteiger partial charge on any atom is 0.234 e. The topological polar surface area (TPSA) is 70.1 Å². The lowest BCUT2D eigenvalue weighted by atomic mass is 9.91. The molecule has 1 aromatic carbocycles. The third-order valence-corrected chi connectivity index (χ3v) is 3.75. The van der Waals surface area contributed by atoms with E-state index in [1.54, 1.807) is 0 Å². The Hall–Kier alpha value is -1.86. The molecular weight excluding hydrogens is 238 g/mol. The van der Waals surface area contributed by atoms with E-state index < -0.39 is 0 Å². The molecule has 1 amide bonds. The van der Waals surface area contributed by atoms with Crippen LogP contribution in [0.1, 0.15) is 18.4 Å². The quantitative estimate of drug-likeness (QED) is 0.884. The Morgan fingerprint density at radius 3 is 2.79 bits per heavy atom. The van der Waals surface area contributed by atoms with Gasteiger partial charge in [-0.2, -0.15) is 5.26 Å². The number of hydrogen-bond donors (Lipinski definition) is 1. The number of benzene rings is 1. The lowest BCUT2D eigenvalue weighted by molar-refractivity contribution is -0.124. The third kappa shape index (κ3) is 3.55. The van der Waals surface area contributed by atoms with E-state index in [1.165, 1.54) is 5.56 Å². The lowest BCUT2D eigenvalue weighted by Gasteiger charge is -2.35. The van der Waals surface area contributed by atoms with Crippen molar-refractivity contribution in [3.63, 3.8) is 0 Å². The Morgan fingerprint density at radius 1 is 1.42 bits per heavy atom. The van der Waals surface area contributed by atoms with Gasteiger partial charge in [0.15, 0.2) is 0 Å². The molecule has 0 radical (unpaired) electrons. The van der Waals surface area contributed by atoms with E-state index in [0.29, 0.717) is 6.42 Å². The number of nitrogens with two attached hydrogens (primary N) is 1. The van der Waals surface area contributed by atoms with Crippen LogP contribution in [0, 0.1) is 17.2 Å². The van der Waals surface area contributed by atoms with Crippen molar-refractivity contribution in [3.8, 4) is 6.07 Å². The minimum Gasteiger partial charge on any atom is -0.368 e. The zero-order valence-corrected chi connectivity index (χ0v) is 11.0. The Balaban J connectivity index is 1.95. The van der Waals surface area contributed by atoms with Crippen LogP contribution in [0.4, 0.5) is 0 Å². The van der Waals surface area contributed by atoms with Gasteiger partial charge >= 0.3 is 0 Å².